The fraction of sp³-hybridized carbons (Fsp3) is 0.0476. The summed E-state index contributed by atoms with van der Waals surface area (Å²) in [5, 5.41) is 14.3. The topological polar surface area (TPSA) is 85.1 Å². The average molecular weight is 442 g/mol. The lowest BCUT2D eigenvalue weighted by Gasteiger charge is -2.11. The van der Waals surface area contributed by atoms with Gasteiger partial charge in [0, 0.05) is 23.4 Å². The number of para-hydroxylation sites is 1. The third-order valence-corrected chi connectivity index (χ3v) is 5.90. The van der Waals surface area contributed by atoms with Crippen molar-refractivity contribution in [1.29, 1.82) is 0 Å². The number of amides is 1. The number of rotatable bonds is 4. The van der Waals surface area contributed by atoms with Crippen LogP contribution in [0.3, 0.4) is 0 Å². The van der Waals surface area contributed by atoms with Gasteiger partial charge in [-0.05, 0) is 30.7 Å². The van der Waals surface area contributed by atoms with E-state index in [1.54, 1.807) is 6.07 Å². The molecule has 0 atom stereocenters. The van der Waals surface area contributed by atoms with Crippen molar-refractivity contribution in [2.24, 2.45) is 0 Å². The molecule has 0 aliphatic heterocycles. The number of nitro benzene ring substituents is 1. The molecule has 0 aliphatic rings. The number of carbonyl (C=O) groups excluding carboxylic acids is 1. The Kier molecular flexibility index (Phi) is 5.19. The molecule has 1 amide bonds. The lowest BCUT2D eigenvalue weighted by molar-refractivity contribution is -0.387. The van der Waals surface area contributed by atoms with E-state index in [0.717, 1.165) is 38.5 Å². The maximum atomic E-state index is 13.7. The summed E-state index contributed by atoms with van der Waals surface area (Å²) in [6.07, 6.45) is 0. The van der Waals surface area contributed by atoms with Gasteiger partial charge in [0.05, 0.1) is 25.7 Å². The van der Waals surface area contributed by atoms with Crippen molar-refractivity contribution in [3.63, 3.8) is 0 Å². The van der Waals surface area contributed by atoms with Crippen molar-refractivity contribution in [1.82, 2.24) is 4.98 Å². The first-order chi connectivity index (χ1) is 14.3. The molecule has 0 spiro atoms. The van der Waals surface area contributed by atoms with Gasteiger partial charge < -0.3 is 5.32 Å². The summed E-state index contributed by atoms with van der Waals surface area (Å²) in [5.41, 5.74) is 1.97. The zero-order valence-corrected chi connectivity index (χ0v) is 17.1. The smallest absolute Gasteiger partial charge is 0.305 e. The van der Waals surface area contributed by atoms with Gasteiger partial charge in [0.2, 0.25) is 5.82 Å². The van der Waals surface area contributed by atoms with E-state index in [1.165, 1.54) is 11.3 Å². The molecule has 1 N–H and O–H groups in total. The molecule has 0 saturated carbocycles. The molecular formula is C21H13ClFN3O3S. The van der Waals surface area contributed by atoms with Gasteiger partial charge >= 0.3 is 5.69 Å². The number of fused-ring (bicyclic) bond motifs is 1. The normalized spacial score (nSPS) is 10.9. The van der Waals surface area contributed by atoms with Crippen LogP contribution in [0.25, 0.3) is 20.8 Å². The molecule has 4 aromatic rings. The van der Waals surface area contributed by atoms with Crippen molar-refractivity contribution >= 4 is 50.4 Å². The first-order valence-corrected chi connectivity index (χ1v) is 9.94. The maximum Gasteiger partial charge on any atom is 0.305 e. The zero-order chi connectivity index (χ0) is 21.4. The van der Waals surface area contributed by atoms with Crippen molar-refractivity contribution in [2.75, 3.05) is 5.32 Å². The summed E-state index contributed by atoms with van der Waals surface area (Å²) in [7, 11) is 0. The second-order valence-corrected chi connectivity index (χ2v) is 7.95. The molecule has 0 aliphatic carbocycles. The van der Waals surface area contributed by atoms with E-state index in [2.05, 4.69) is 10.3 Å². The minimum atomic E-state index is -1.10. The number of nitrogens with one attached hydrogen (secondary N) is 1. The molecule has 6 nitrogen and oxygen atoms in total. The summed E-state index contributed by atoms with van der Waals surface area (Å²) in [6.45, 7) is 1.81. The van der Waals surface area contributed by atoms with Crippen LogP contribution in [-0.2, 0) is 0 Å². The fourth-order valence-electron chi connectivity index (χ4n) is 2.93. The fourth-order valence-corrected chi connectivity index (χ4v) is 4.12. The van der Waals surface area contributed by atoms with Gasteiger partial charge in [0.25, 0.3) is 5.91 Å². The van der Waals surface area contributed by atoms with Gasteiger partial charge in [-0.1, -0.05) is 35.9 Å². The van der Waals surface area contributed by atoms with Crippen LogP contribution in [-0.4, -0.2) is 15.8 Å². The van der Waals surface area contributed by atoms with Gasteiger partial charge in [-0.25, -0.2) is 4.98 Å². The maximum absolute atomic E-state index is 13.7. The number of nitrogens with zero attached hydrogens (tertiary/aromatic N) is 2. The number of benzene rings is 3. The Hall–Kier alpha value is -3.36. The third-order valence-electron chi connectivity index (χ3n) is 4.50. The van der Waals surface area contributed by atoms with Gasteiger partial charge in [0.1, 0.15) is 5.01 Å². The lowest BCUT2D eigenvalue weighted by Crippen LogP contribution is -2.14. The molecule has 9 heteroatoms. The van der Waals surface area contributed by atoms with Crippen molar-refractivity contribution in [3.05, 3.63) is 86.7 Å². The number of aryl methyl sites for hydroxylation is 1. The van der Waals surface area contributed by atoms with Gasteiger partial charge in [-0.3, -0.25) is 14.9 Å². The number of anilines is 1. The number of hydrogen-bond acceptors (Lipinski definition) is 5. The molecule has 0 saturated heterocycles. The first-order valence-electron chi connectivity index (χ1n) is 8.75. The average Bonchev–Trinajstić information content (AvgIpc) is 3.13. The summed E-state index contributed by atoms with van der Waals surface area (Å²) in [4.78, 5) is 27.4. The molecule has 4 rings (SSSR count). The Labute approximate surface area is 179 Å². The van der Waals surface area contributed by atoms with E-state index in [4.69, 9.17) is 11.6 Å². The van der Waals surface area contributed by atoms with Crippen LogP contribution in [0.1, 0.15) is 15.9 Å². The van der Waals surface area contributed by atoms with Crippen molar-refractivity contribution < 1.29 is 14.1 Å². The van der Waals surface area contributed by atoms with Gasteiger partial charge in [-0.2, -0.15) is 4.39 Å². The first kappa shape index (κ1) is 19.9. The Morgan fingerprint density at radius 3 is 2.70 bits per heavy atom. The lowest BCUT2D eigenvalue weighted by atomic mass is 10.1. The van der Waals surface area contributed by atoms with E-state index in [0.29, 0.717) is 5.69 Å². The molecule has 0 fully saturated rings. The molecule has 0 bridgehead atoms. The van der Waals surface area contributed by atoms with E-state index in [1.807, 2.05) is 43.3 Å². The quantitative estimate of drug-likeness (QED) is 0.300. The third kappa shape index (κ3) is 3.74. The van der Waals surface area contributed by atoms with Crippen molar-refractivity contribution in [3.8, 4) is 10.6 Å². The number of aromatic nitrogens is 1. The van der Waals surface area contributed by atoms with E-state index < -0.39 is 22.3 Å². The molecule has 0 radical (unpaired) electrons. The number of carbonyl (C=O) groups is 1. The number of thiazole rings is 1. The Bertz CT molecular complexity index is 1290. The minimum absolute atomic E-state index is 0.186. The monoisotopic (exact) mass is 441 g/mol. The van der Waals surface area contributed by atoms with E-state index in [-0.39, 0.29) is 10.6 Å². The highest BCUT2D eigenvalue weighted by molar-refractivity contribution is 7.21. The highest BCUT2D eigenvalue weighted by atomic mass is 35.5. The van der Waals surface area contributed by atoms with Crippen molar-refractivity contribution in [2.45, 2.75) is 6.92 Å². The predicted octanol–water partition coefficient (Wildman–Crippen LogP) is 6.22. The highest BCUT2D eigenvalue weighted by Crippen LogP contribution is 2.33. The summed E-state index contributed by atoms with van der Waals surface area (Å²) < 4.78 is 14.7. The Balaban J connectivity index is 1.68. The predicted molar refractivity (Wildman–Crippen MR) is 116 cm³/mol. The number of nitro groups is 1. The number of halogens is 2. The Morgan fingerprint density at radius 1 is 1.20 bits per heavy atom. The number of hydrogen-bond donors (Lipinski definition) is 1. The molecule has 1 aromatic heterocycles. The Morgan fingerprint density at radius 2 is 1.97 bits per heavy atom. The zero-order valence-electron chi connectivity index (χ0n) is 15.5. The van der Waals surface area contributed by atoms with E-state index >= 15 is 0 Å². The summed E-state index contributed by atoms with van der Waals surface area (Å²) in [6, 6.07) is 14.9. The molecular weight excluding hydrogens is 429 g/mol. The molecule has 30 heavy (non-hydrogen) atoms. The van der Waals surface area contributed by atoms with Crippen LogP contribution in [0.2, 0.25) is 5.02 Å². The molecule has 0 unspecified atom stereocenters. The van der Waals surface area contributed by atoms with Crippen LogP contribution in [0.5, 0.6) is 0 Å². The largest absolute Gasteiger partial charge is 0.322 e. The van der Waals surface area contributed by atoms with E-state index in [9.17, 15) is 19.3 Å². The standard InChI is InChI=1S/C21H13ClFN3O3S/c1-11-6-7-12(21-25-16-4-2-3-5-19(16)30-21)8-17(11)24-20(27)13-9-18(26(28)29)15(23)10-14(13)22/h2-10H,1H3,(H,24,27). The second-order valence-electron chi connectivity index (χ2n) is 6.51. The van der Waals surface area contributed by atoms with Crippen LogP contribution in [0.15, 0.2) is 54.6 Å². The minimum Gasteiger partial charge on any atom is -0.322 e. The van der Waals surface area contributed by atoms with Crippen LogP contribution in [0.4, 0.5) is 15.8 Å². The van der Waals surface area contributed by atoms with Crippen LogP contribution >= 0.6 is 22.9 Å². The molecule has 150 valence electrons. The summed E-state index contributed by atoms with van der Waals surface area (Å²) in [5.74, 6) is -1.77. The van der Waals surface area contributed by atoms with Gasteiger partial charge in [-0.15, -0.1) is 11.3 Å². The van der Waals surface area contributed by atoms with Crippen LogP contribution in [0, 0.1) is 22.9 Å². The van der Waals surface area contributed by atoms with Crippen LogP contribution < -0.4 is 5.32 Å². The SMILES string of the molecule is Cc1ccc(-c2nc3ccccc3s2)cc1NC(=O)c1cc([N+](=O)[O-])c(F)cc1Cl. The summed E-state index contributed by atoms with van der Waals surface area (Å²) >= 11 is 7.48. The molecule has 3 aromatic carbocycles. The molecule has 1 heterocycles. The van der Waals surface area contributed by atoms with Gasteiger partial charge in [0.15, 0.2) is 0 Å². The highest BCUT2D eigenvalue weighted by Gasteiger charge is 2.22. The second kappa shape index (κ2) is 7.81.